The van der Waals surface area contributed by atoms with Gasteiger partial charge in [0.2, 0.25) is 0 Å². The van der Waals surface area contributed by atoms with E-state index in [9.17, 15) is 18.0 Å². The summed E-state index contributed by atoms with van der Waals surface area (Å²) in [5.74, 6) is -1.26. The number of aromatic nitrogens is 1. The summed E-state index contributed by atoms with van der Waals surface area (Å²) in [6.45, 7) is -2.90. The molecule has 1 aromatic carbocycles. The van der Waals surface area contributed by atoms with E-state index in [-0.39, 0.29) is 11.2 Å². The van der Waals surface area contributed by atoms with Gasteiger partial charge in [-0.1, -0.05) is 0 Å². The van der Waals surface area contributed by atoms with Crippen LogP contribution in [0.2, 0.25) is 0 Å². The minimum Gasteiger partial charge on any atom is -0.354 e. The Morgan fingerprint density at radius 3 is 2.65 bits per heavy atom. The average Bonchev–Trinajstić information content (AvgIpc) is 2.66. The van der Waals surface area contributed by atoms with Gasteiger partial charge in [-0.2, -0.15) is 8.78 Å². The minimum absolute atomic E-state index is 0.00130. The molecule has 0 bridgehead atoms. The number of benzene rings is 1. The van der Waals surface area contributed by atoms with Crippen molar-refractivity contribution >= 4 is 16.8 Å². The number of carbonyl (C=O) groups excluding carboxylic acids is 1. The lowest BCUT2D eigenvalue weighted by molar-refractivity contribution is 0.0676. The maximum Gasteiger partial charge on any atom is 0.319 e. The van der Waals surface area contributed by atoms with Crippen LogP contribution in [-0.2, 0) is 0 Å². The molecule has 1 aromatic heterocycles. The monoisotopic (exact) mass is 242 g/mol. The smallest absolute Gasteiger partial charge is 0.319 e. The Morgan fingerprint density at radius 2 is 2.06 bits per heavy atom. The Kier molecular flexibility index (Phi) is 2.79. The van der Waals surface area contributed by atoms with E-state index in [0.717, 1.165) is 12.1 Å². The van der Waals surface area contributed by atoms with Crippen molar-refractivity contribution in [2.45, 2.75) is 6.55 Å². The molecule has 0 saturated carbocycles. The molecule has 2 aromatic rings. The largest absolute Gasteiger partial charge is 0.354 e. The molecule has 0 atom stereocenters. The first-order valence-corrected chi connectivity index (χ1v) is 4.85. The zero-order valence-electron chi connectivity index (χ0n) is 8.88. The molecule has 0 radical (unpaired) electrons. The number of hydrogen-bond acceptors (Lipinski definition) is 1. The van der Waals surface area contributed by atoms with Crippen LogP contribution in [0.5, 0.6) is 0 Å². The maximum atomic E-state index is 13.0. The average molecular weight is 242 g/mol. The Hall–Kier alpha value is -1.98. The third kappa shape index (κ3) is 1.86. The molecular weight excluding hydrogens is 233 g/mol. The highest BCUT2D eigenvalue weighted by Crippen LogP contribution is 2.26. The van der Waals surface area contributed by atoms with Gasteiger partial charge in [-0.15, -0.1) is 0 Å². The van der Waals surface area contributed by atoms with Crippen LogP contribution in [0.3, 0.4) is 0 Å². The number of hydrogen-bond donors (Lipinski definition) is 1. The lowest BCUT2D eigenvalue weighted by atomic mass is 10.2. The fourth-order valence-electron chi connectivity index (χ4n) is 1.71. The van der Waals surface area contributed by atoms with Crippen molar-refractivity contribution in [1.82, 2.24) is 9.88 Å². The van der Waals surface area contributed by atoms with Gasteiger partial charge in [0.15, 0.2) is 0 Å². The molecule has 0 unspecified atom stereocenters. The summed E-state index contributed by atoms with van der Waals surface area (Å²) in [5, 5.41) is 2.66. The fourth-order valence-corrected chi connectivity index (χ4v) is 1.71. The molecule has 0 aliphatic heterocycles. The molecule has 0 spiro atoms. The predicted molar refractivity (Wildman–Crippen MR) is 56.5 cm³/mol. The Balaban J connectivity index is 2.76. The molecule has 1 amide bonds. The van der Waals surface area contributed by atoms with Crippen molar-refractivity contribution in [3.8, 4) is 0 Å². The van der Waals surface area contributed by atoms with Gasteiger partial charge in [0.25, 0.3) is 5.91 Å². The second kappa shape index (κ2) is 4.12. The van der Waals surface area contributed by atoms with Gasteiger partial charge >= 0.3 is 6.55 Å². The van der Waals surface area contributed by atoms with E-state index in [1.807, 2.05) is 0 Å². The number of nitrogens with zero attached hydrogens (tertiary/aromatic N) is 1. The summed E-state index contributed by atoms with van der Waals surface area (Å²) in [6.07, 6.45) is 0. The third-order valence-electron chi connectivity index (χ3n) is 2.46. The molecule has 90 valence electrons. The quantitative estimate of drug-likeness (QED) is 0.862. The van der Waals surface area contributed by atoms with Crippen LogP contribution < -0.4 is 5.32 Å². The van der Waals surface area contributed by atoms with Crippen molar-refractivity contribution in [2.75, 3.05) is 7.05 Å². The molecule has 0 aliphatic rings. The lowest BCUT2D eigenvalue weighted by Crippen LogP contribution is -2.21. The van der Waals surface area contributed by atoms with Crippen molar-refractivity contribution in [3.05, 3.63) is 35.8 Å². The number of halogens is 3. The number of alkyl halides is 2. The predicted octanol–water partition coefficient (Wildman–Crippen LogP) is 2.54. The van der Waals surface area contributed by atoms with Gasteiger partial charge in [-0.05, 0) is 24.3 Å². The number of nitrogens with one attached hydrogen (secondary N) is 1. The topological polar surface area (TPSA) is 34.0 Å². The molecule has 6 heteroatoms. The summed E-state index contributed by atoms with van der Waals surface area (Å²) in [5.41, 5.74) is -0.193. The summed E-state index contributed by atoms with van der Waals surface area (Å²) >= 11 is 0. The van der Waals surface area contributed by atoms with Crippen molar-refractivity contribution in [2.24, 2.45) is 0 Å². The van der Waals surface area contributed by atoms with Crippen LogP contribution in [-0.4, -0.2) is 17.5 Å². The van der Waals surface area contributed by atoms with Crippen LogP contribution >= 0.6 is 0 Å². The standard InChI is InChI=1S/C11H9F3N2O/c1-15-10(17)9-4-6-2-3-7(12)5-8(6)16(9)11(13)14/h2-5,11H,1H3,(H,15,17). The van der Waals surface area contributed by atoms with Gasteiger partial charge < -0.3 is 5.32 Å². The van der Waals surface area contributed by atoms with E-state index in [2.05, 4.69) is 5.32 Å². The van der Waals surface area contributed by atoms with Crippen LogP contribution in [0.1, 0.15) is 17.0 Å². The molecule has 17 heavy (non-hydrogen) atoms. The van der Waals surface area contributed by atoms with Crippen molar-refractivity contribution in [3.63, 3.8) is 0 Å². The molecule has 1 heterocycles. The van der Waals surface area contributed by atoms with E-state index in [4.69, 9.17) is 0 Å². The maximum absolute atomic E-state index is 13.0. The molecule has 0 aliphatic carbocycles. The highest BCUT2D eigenvalue weighted by Gasteiger charge is 2.20. The SMILES string of the molecule is CNC(=O)c1cc2ccc(F)cc2n1C(F)F. The zero-order valence-corrected chi connectivity index (χ0v) is 8.88. The van der Waals surface area contributed by atoms with Crippen LogP contribution in [0.4, 0.5) is 13.2 Å². The van der Waals surface area contributed by atoms with Gasteiger partial charge in [0.1, 0.15) is 11.5 Å². The first kappa shape index (κ1) is 11.5. The summed E-state index contributed by atoms with van der Waals surface area (Å²) in [6, 6.07) is 4.80. The van der Waals surface area contributed by atoms with Crippen LogP contribution in [0.25, 0.3) is 10.9 Å². The third-order valence-corrected chi connectivity index (χ3v) is 2.46. The van der Waals surface area contributed by atoms with E-state index >= 15 is 0 Å². The number of amides is 1. The zero-order chi connectivity index (χ0) is 12.6. The first-order valence-electron chi connectivity index (χ1n) is 4.85. The normalized spacial score (nSPS) is 11.1. The van der Waals surface area contributed by atoms with Gasteiger partial charge in [-0.25, -0.2) is 4.39 Å². The van der Waals surface area contributed by atoms with Gasteiger partial charge in [-0.3, -0.25) is 9.36 Å². The fraction of sp³-hybridized carbons (Fsp3) is 0.182. The Bertz CT molecular complexity index is 577. The van der Waals surface area contributed by atoms with E-state index in [1.165, 1.54) is 19.2 Å². The highest BCUT2D eigenvalue weighted by atomic mass is 19.3. The second-order valence-corrected chi connectivity index (χ2v) is 3.46. The lowest BCUT2D eigenvalue weighted by Gasteiger charge is -2.07. The van der Waals surface area contributed by atoms with Crippen LogP contribution in [0.15, 0.2) is 24.3 Å². The molecule has 1 N–H and O–H groups in total. The van der Waals surface area contributed by atoms with Crippen molar-refractivity contribution in [1.29, 1.82) is 0 Å². The second-order valence-electron chi connectivity index (χ2n) is 3.46. The van der Waals surface area contributed by atoms with Crippen molar-refractivity contribution < 1.29 is 18.0 Å². The number of fused-ring (bicyclic) bond motifs is 1. The van der Waals surface area contributed by atoms with Gasteiger partial charge in [0, 0.05) is 12.4 Å². The Labute approximate surface area is 94.8 Å². The molecule has 0 saturated heterocycles. The van der Waals surface area contributed by atoms with Crippen LogP contribution in [0, 0.1) is 5.82 Å². The molecular formula is C11H9F3N2O. The Morgan fingerprint density at radius 1 is 1.35 bits per heavy atom. The van der Waals surface area contributed by atoms with E-state index in [0.29, 0.717) is 9.95 Å². The van der Waals surface area contributed by atoms with Gasteiger partial charge in [0.05, 0.1) is 5.52 Å². The summed E-state index contributed by atoms with van der Waals surface area (Å²) in [4.78, 5) is 11.4. The summed E-state index contributed by atoms with van der Waals surface area (Å²) < 4.78 is 39.3. The van der Waals surface area contributed by atoms with E-state index in [1.54, 1.807) is 0 Å². The first-order chi connectivity index (χ1) is 8.04. The minimum atomic E-state index is -2.90. The molecule has 2 rings (SSSR count). The number of rotatable bonds is 2. The molecule has 0 fully saturated rings. The van der Waals surface area contributed by atoms with E-state index < -0.39 is 18.3 Å². The number of carbonyl (C=O) groups is 1. The highest BCUT2D eigenvalue weighted by molar-refractivity contribution is 5.98. The summed E-state index contributed by atoms with van der Waals surface area (Å²) in [7, 11) is 1.34. The molecule has 3 nitrogen and oxygen atoms in total.